The van der Waals surface area contributed by atoms with E-state index in [0.29, 0.717) is 65.1 Å². The van der Waals surface area contributed by atoms with Gasteiger partial charge in [0.2, 0.25) is 5.91 Å². The molecule has 0 aromatic carbocycles. The van der Waals surface area contributed by atoms with Crippen LogP contribution in [0.1, 0.15) is 266 Å². The third kappa shape index (κ3) is 53.8. The smallest absolute Gasteiger partial charge is 0.306 e. The molecule has 0 spiro atoms. The van der Waals surface area contributed by atoms with E-state index in [2.05, 4.69) is 82.0 Å². The Morgan fingerprint density at radius 3 is 1.17 bits per heavy atom. The summed E-state index contributed by atoms with van der Waals surface area (Å²) in [6, 6.07) is -0.900. The van der Waals surface area contributed by atoms with E-state index in [1.165, 1.54) is 4.90 Å². The Morgan fingerprint density at radius 2 is 0.750 bits per heavy atom. The molecule has 0 rings (SSSR count). The van der Waals surface area contributed by atoms with Crippen molar-refractivity contribution >= 4 is 35.8 Å². The number of carbonyl (C=O) groups is 6. The van der Waals surface area contributed by atoms with Crippen LogP contribution in [0, 0.1) is 47.4 Å². The lowest BCUT2D eigenvalue weighted by molar-refractivity contribution is -0.159. The average Bonchev–Trinajstić information content (AvgIpc) is 3.67. The maximum Gasteiger partial charge on any atom is 0.306 e. The zero-order valence-electron chi connectivity index (χ0n) is 56.1. The lowest BCUT2D eigenvalue weighted by Crippen LogP contribution is -2.47. The van der Waals surface area contributed by atoms with E-state index in [4.69, 9.17) is 42.6 Å². The van der Waals surface area contributed by atoms with Gasteiger partial charge in [0, 0.05) is 90.0 Å². The molecule has 0 aliphatic rings. The van der Waals surface area contributed by atoms with E-state index >= 15 is 0 Å². The van der Waals surface area contributed by atoms with Gasteiger partial charge in [-0.25, -0.2) is 0 Å². The van der Waals surface area contributed by atoms with Gasteiger partial charge in [0.05, 0.1) is 64.9 Å². The molecule has 0 aromatic heterocycles. The normalized spacial score (nSPS) is 11.8. The molecule has 0 aromatic rings. The van der Waals surface area contributed by atoms with Crippen molar-refractivity contribution in [2.45, 2.75) is 291 Å². The fourth-order valence-corrected chi connectivity index (χ4v) is 8.58. The lowest BCUT2D eigenvalue weighted by Gasteiger charge is -2.32. The highest BCUT2D eigenvalue weighted by atomic mass is 16.7. The highest BCUT2D eigenvalue weighted by molar-refractivity contribution is 5.82. The van der Waals surface area contributed by atoms with Gasteiger partial charge in [-0.3, -0.25) is 28.8 Å². The minimum Gasteiger partial charge on any atom is -0.466 e. The first-order valence-electron chi connectivity index (χ1n) is 33.9. The summed E-state index contributed by atoms with van der Waals surface area (Å²) in [7, 11) is 3.83. The van der Waals surface area contributed by atoms with Gasteiger partial charge in [0.25, 0.3) is 0 Å². The number of amides is 1. The molecule has 0 aliphatic carbocycles. The van der Waals surface area contributed by atoms with Crippen molar-refractivity contribution in [3.05, 3.63) is 0 Å². The zero-order valence-corrected chi connectivity index (χ0v) is 56.1. The molecule has 1 amide bonds. The van der Waals surface area contributed by atoms with Crippen molar-refractivity contribution in [3.63, 3.8) is 0 Å². The molecule has 502 valence electrons. The van der Waals surface area contributed by atoms with Gasteiger partial charge in [0.1, 0.15) is 19.3 Å². The van der Waals surface area contributed by atoms with Gasteiger partial charge in [-0.2, -0.15) is 0 Å². The molecule has 0 heterocycles. The summed E-state index contributed by atoms with van der Waals surface area (Å²) >= 11 is 0. The summed E-state index contributed by atoms with van der Waals surface area (Å²) < 4.78 is 52.1. The van der Waals surface area contributed by atoms with Crippen molar-refractivity contribution in [3.8, 4) is 47.4 Å². The fraction of sp³-hybridized carbons (Fsp3) is 0.803. The quantitative estimate of drug-likeness (QED) is 0.0183. The maximum atomic E-state index is 14.2. The number of ether oxygens (including phenoxy) is 9. The largest absolute Gasteiger partial charge is 0.466 e. The summed E-state index contributed by atoms with van der Waals surface area (Å²) in [6.07, 6.45) is 21.5. The molecular formula is C71H118N2O15. The van der Waals surface area contributed by atoms with Crippen molar-refractivity contribution in [1.29, 1.82) is 0 Å². The van der Waals surface area contributed by atoms with Gasteiger partial charge >= 0.3 is 29.8 Å². The highest BCUT2D eigenvalue weighted by Crippen LogP contribution is 2.17. The maximum absolute atomic E-state index is 14.2. The van der Waals surface area contributed by atoms with Gasteiger partial charge < -0.3 is 52.4 Å². The molecule has 0 fully saturated rings. The van der Waals surface area contributed by atoms with E-state index in [9.17, 15) is 28.8 Å². The van der Waals surface area contributed by atoms with Crippen molar-refractivity contribution < 1.29 is 71.4 Å². The Labute approximate surface area is 533 Å². The second-order valence-corrected chi connectivity index (χ2v) is 22.3. The van der Waals surface area contributed by atoms with Crippen LogP contribution in [0.15, 0.2) is 0 Å². The van der Waals surface area contributed by atoms with E-state index in [0.717, 1.165) is 128 Å². The van der Waals surface area contributed by atoms with Crippen LogP contribution in [0.4, 0.5) is 0 Å². The molecule has 0 N–H and O–H groups in total. The monoisotopic (exact) mass is 1240 g/mol. The zero-order chi connectivity index (χ0) is 64.8. The van der Waals surface area contributed by atoms with Crippen LogP contribution in [-0.4, -0.2) is 150 Å². The topological polar surface area (TPSA) is 192 Å². The minimum absolute atomic E-state index is 0.0330. The molecule has 0 radical (unpaired) electrons. The molecular weight excluding hydrogens is 1120 g/mol. The molecule has 0 saturated heterocycles. The van der Waals surface area contributed by atoms with Crippen LogP contribution in [0.5, 0.6) is 0 Å². The first kappa shape index (κ1) is 82.9. The van der Waals surface area contributed by atoms with Crippen molar-refractivity contribution in [2.24, 2.45) is 0 Å². The lowest BCUT2D eigenvalue weighted by atomic mass is 10.1. The predicted octanol–water partition coefficient (Wildman–Crippen LogP) is 13.3. The molecule has 0 saturated carbocycles. The number of unbranched alkanes of at least 4 members (excludes halogenated alkanes) is 12. The first-order chi connectivity index (χ1) is 42.8. The van der Waals surface area contributed by atoms with Crippen LogP contribution >= 0.6 is 0 Å². The summed E-state index contributed by atoms with van der Waals surface area (Å²) in [6.45, 7) is 14.4. The Morgan fingerprint density at radius 1 is 0.341 bits per heavy atom. The molecule has 3 atom stereocenters. The molecule has 0 bridgehead atoms. The Bertz CT molecular complexity index is 2020. The van der Waals surface area contributed by atoms with Crippen LogP contribution in [-0.2, 0) is 71.4 Å². The second-order valence-electron chi connectivity index (χ2n) is 22.3. The van der Waals surface area contributed by atoms with Gasteiger partial charge in [0.15, 0.2) is 12.6 Å². The number of hydrogen-bond donors (Lipinski definition) is 0. The number of rotatable bonds is 55. The SMILES string of the molecule is CCCCC#CCCOC(CCC(=O)OCCCC(=O)OCC(COC(=O)CCCOC(=O)CCC(OCCC#CCCCC)OCCC#CCCCCC)N(CCCN(C)C)C(=O)CCC(=O)OC(CCC)CCCCCC)OCCC#CCCCC. The molecule has 17 nitrogen and oxygen atoms in total. The van der Waals surface area contributed by atoms with Crippen LogP contribution in [0.3, 0.4) is 0 Å². The summed E-state index contributed by atoms with van der Waals surface area (Å²) in [5.74, 6) is 22.2. The Kier molecular flexibility index (Phi) is 58.4. The molecule has 17 heteroatoms. The van der Waals surface area contributed by atoms with E-state index in [1.807, 2.05) is 25.9 Å². The summed E-state index contributed by atoms with van der Waals surface area (Å²) in [5, 5.41) is 0. The molecule has 3 unspecified atom stereocenters. The van der Waals surface area contributed by atoms with E-state index in [1.54, 1.807) is 0 Å². The highest BCUT2D eigenvalue weighted by Gasteiger charge is 2.28. The molecule has 88 heavy (non-hydrogen) atoms. The third-order valence-corrected chi connectivity index (χ3v) is 13.7. The van der Waals surface area contributed by atoms with Crippen molar-refractivity contribution in [1.82, 2.24) is 9.80 Å². The fourth-order valence-electron chi connectivity index (χ4n) is 8.58. The van der Waals surface area contributed by atoms with Gasteiger partial charge in [-0.15, -0.1) is 47.4 Å². The van der Waals surface area contributed by atoms with Gasteiger partial charge in [-0.1, -0.05) is 99.3 Å². The summed E-state index contributed by atoms with van der Waals surface area (Å²) in [5.41, 5.74) is 0. The summed E-state index contributed by atoms with van der Waals surface area (Å²) in [4.78, 5) is 83.2. The number of hydrogen-bond acceptors (Lipinski definition) is 16. The van der Waals surface area contributed by atoms with E-state index in [-0.39, 0.29) is 109 Å². The number of nitrogens with zero attached hydrogens (tertiary/aromatic N) is 2. The standard InChI is InChI=1S/C71H118N2O15/c1-9-15-20-25-29-33-38-57-85-71(84-56-37-32-28-23-18-12-4)51-49-68(78)81-59-40-45-66(76)87-61-62(73(53-41-52-72(7)8)64(74)46-47-69(79)88-63(42-14-6)43-34-24-19-13-5)60-86-65(75)44-39-58-80-67(77)48-50-70(82-54-35-30-26-21-16-10-2)83-55-36-31-27-22-17-11-3/h62-63,70-71H,9-25,34-61H2,1-8H3. The number of esters is 5. The van der Waals surface area contributed by atoms with Gasteiger partial charge in [-0.05, 0) is 84.8 Å². The first-order valence-corrected chi connectivity index (χ1v) is 33.9. The third-order valence-electron chi connectivity index (χ3n) is 13.7. The van der Waals surface area contributed by atoms with Crippen LogP contribution in [0.2, 0.25) is 0 Å². The Hall–Kier alpha value is -5.14. The Balaban J connectivity index is 5.87. The minimum atomic E-state index is -0.900. The van der Waals surface area contributed by atoms with Crippen molar-refractivity contribution in [2.75, 3.05) is 80.0 Å². The second kappa shape index (κ2) is 62.1. The number of carbonyl (C=O) groups excluding carboxylic acids is 6. The predicted molar refractivity (Wildman–Crippen MR) is 346 cm³/mol. The van der Waals surface area contributed by atoms with Crippen LogP contribution in [0.25, 0.3) is 0 Å². The van der Waals surface area contributed by atoms with E-state index < -0.39 is 48.5 Å². The van der Waals surface area contributed by atoms with Crippen LogP contribution < -0.4 is 0 Å². The average molecular weight is 1240 g/mol. The molecule has 0 aliphatic heterocycles.